The lowest BCUT2D eigenvalue weighted by molar-refractivity contribution is -0.378. The van der Waals surface area contributed by atoms with Crippen molar-refractivity contribution in [3.8, 4) is 0 Å². The molecule has 0 N–H and O–H groups in total. The van der Waals surface area contributed by atoms with Crippen molar-refractivity contribution < 1.29 is 48.6 Å². The molecule has 0 amide bonds. The fourth-order valence-electron chi connectivity index (χ4n) is 2.44. The van der Waals surface area contributed by atoms with E-state index in [4.69, 9.17) is 0 Å². The van der Waals surface area contributed by atoms with E-state index in [1.807, 2.05) is 0 Å². The molecule has 3 unspecified atom stereocenters. The molecule has 0 spiro atoms. The number of hydrogen-bond acceptors (Lipinski definition) is 1. The molecule has 0 aromatic rings. The summed E-state index contributed by atoms with van der Waals surface area (Å²) in [5.74, 6) is -24.2. The van der Waals surface area contributed by atoms with E-state index in [0.717, 1.165) is 12.2 Å². The van der Waals surface area contributed by atoms with Crippen LogP contribution in [0.2, 0.25) is 0 Å². The zero-order valence-electron chi connectivity index (χ0n) is 10.4. The second-order valence-corrected chi connectivity index (χ2v) is 5.17. The van der Waals surface area contributed by atoms with Gasteiger partial charge < -0.3 is 4.74 Å². The van der Waals surface area contributed by atoms with Gasteiger partial charge in [-0.2, -0.15) is 39.5 Å². The van der Waals surface area contributed by atoms with Crippen LogP contribution in [0, 0.1) is 11.8 Å². The highest BCUT2D eigenvalue weighted by Crippen LogP contribution is 2.59. The van der Waals surface area contributed by atoms with Gasteiger partial charge in [0.2, 0.25) is 0 Å². The molecule has 2 aliphatic rings. The Morgan fingerprint density at radius 2 is 1.41 bits per heavy atom. The normalized spacial score (nSPS) is 34.5. The summed E-state index contributed by atoms with van der Waals surface area (Å²) in [6.07, 6.45) is -5.35. The van der Waals surface area contributed by atoms with Crippen LogP contribution in [0.1, 0.15) is 6.42 Å². The van der Waals surface area contributed by atoms with Crippen LogP contribution in [0.5, 0.6) is 0 Å². The van der Waals surface area contributed by atoms with Crippen LogP contribution >= 0.6 is 0 Å². The zero-order chi connectivity index (χ0) is 17.2. The summed E-state index contributed by atoms with van der Waals surface area (Å²) in [5.41, 5.74) is 0. The molecule has 1 fully saturated rings. The van der Waals surface area contributed by atoms with Gasteiger partial charge in [0.25, 0.3) is 5.85 Å². The molecule has 0 radical (unpaired) electrons. The molecule has 0 aliphatic heterocycles. The maximum absolute atomic E-state index is 14.1. The van der Waals surface area contributed by atoms with Crippen LogP contribution in [0.25, 0.3) is 0 Å². The van der Waals surface area contributed by atoms with E-state index in [1.165, 1.54) is 0 Å². The van der Waals surface area contributed by atoms with E-state index in [9.17, 15) is 43.9 Å². The third kappa shape index (κ3) is 2.11. The second kappa shape index (κ2) is 4.51. The maximum Gasteiger partial charge on any atom is 0.459 e. The Hall–Kier alpha value is -1.00. The van der Waals surface area contributed by atoms with Gasteiger partial charge in [-0.1, -0.05) is 12.2 Å². The molecule has 2 bridgehead atoms. The fraction of sp³-hybridized carbons (Fsp3) is 0.818. The quantitative estimate of drug-likeness (QED) is 0.544. The summed E-state index contributed by atoms with van der Waals surface area (Å²) in [4.78, 5) is 0. The summed E-state index contributed by atoms with van der Waals surface area (Å²) < 4.78 is 132. The van der Waals surface area contributed by atoms with Gasteiger partial charge in [0.1, 0.15) is 6.61 Å². The standard InChI is InChI=1S/C11H8F10O/c12-7(13,10(17,18)11(19,20)21)4-22-9(16)6-2-1-5(3-6)8(9,14)15/h1-2,5-6H,3-4H2. The van der Waals surface area contributed by atoms with E-state index in [2.05, 4.69) is 4.74 Å². The van der Waals surface area contributed by atoms with Crippen LogP contribution in [0.3, 0.4) is 0 Å². The Morgan fingerprint density at radius 1 is 0.909 bits per heavy atom. The van der Waals surface area contributed by atoms with Gasteiger partial charge in [-0.3, -0.25) is 0 Å². The lowest BCUT2D eigenvalue weighted by Crippen LogP contribution is -2.57. The van der Waals surface area contributed by atoms with Crippen molar-refractivity contribution in [2.75, 3.05) is 6.61 Å². The third-order valence-corrected chi connectivity index (χ3v) is 3.76. The first kappa shape index (κ1) is 17.4. The molecule has 128 valence electrons. The van der Waals surface area contributed by atoms with E-state index < -0.39 is 54.7 Å². The highest BCUT2D eigenvalue weighted by atomic mass is 19.4. The average Bonchev–Trinajstić information content (AvgIpc) is 2.89. The number of allylic oxidation sites excluding steroid dienone is 1. The van der Waals surface area contributed by atoms with Gasteiger partial charge in [0, 0.05) is 11.8 Å². The highest BCUT2D eigenvalue weighted by molar-refractivity contribution is 5.22. The molecule has 2 rings (SSSR count). The van der Waals surface area contributed by atoms with Gasteiger partial charge in [-0.15, -0.1) is 0 Å². The van der Waals surface area contributed by atoms with Crippen molar-refractivity contribution in [2.24, 2.45) is 11.8 Å². The minimum Gasteiger partial charge on any atom is -0.334 e. The van der Waals surface area contributed by atoms with Crippen molar-refractivity contribution in [1.82, 2.24) is 0 Å². The molecule has 2 aliphatic carbocycles. The van der Waals surface area contributed by atoms with Crippen molar-refractivity contribution >= 4 is 0 Å². The van der Waals surface area contributed by atoms with Gasteiger partial charge in [-0.05, 0) is 6.42 Å². The number of rotatable bonds is 4. The Morgan fingerprint density at radius 3 is 1.82 bits per heavy atom. The fourth-order valence-corrected chi connectivity index (χ4v) is 2.44. The Labute approximate surface area is 116 Å². The number of hydrogen-bond donors (Lipinski definition) is 0. The smallest absolute Gasteiger partial charge is 0.334 e. The molecule has 0 heterocycles. The molecule has 1 nitrogen and oxygen atoms in total. The minimum absolute atomic E-state index is 0.509. The summed E-state index contributed by atoms with van der Waals surface area (Å²) >= 11 is 0. The van der Waals surface area contributed by atoms with Crippen LogP contribution < -0.4 is 0 Å². The predicted molar refractivity (Wildman–Crippen MR) is 51.4 cm³/mol. The first-order valence-corrected chi connectivity index (χ1v) is 5.88. The third-order valence-electron chi connectivity index (χ3n) is 3.76. The molecule has 0 aromatic carbocycles. The van der Waals surface area contributed by atoms with Gasteiger partial charge in [0.05, 0.1) is 0 Å². The monoisotopic (exact) mass is 346 g/mol. The summed E-state index contributed by atoms with van der Waals surface area (Å²) in [7, 11) is 0. The molecule has 3 atom stereocenters. The van der Waals surface area contributed by atoms with E-state index in [1.54, 1.807) is 0 Å². The number of alkyl halides is 10. The topological polar surface area (TPSA) is 9.23 Å². The summed E-state index contributed by atoms with van der Waals surface area (Å²) in [5, 5.41) is 0. The van der Waals surface area contributed by atoms with Gasteiger partial charge in [0.15, 0.2) is 0 Å². The lowest BCUT2D eigenvalue weighted by Gasteiger charge is -2.36. The van der Waals surface area contributed by atoms with Crippen LogP contribution in [-0.4, -0.2) is 36.4 Å². The summed E-state index contributed by atoms with van der Waals surface area (Å²) in [6, 6.07) is 0. The maximum atomic E-state index is 14.1. The molecular formula is C11H8F10O. The first-order valence-electron chi connectivity index (χ1n) is 5.88. The number of fused-ring (bicyclic) bond motifs is 2. The molecule has 11 heteroatoms. The first-order chi connectivity index (χ1) is 9.67. The lowest BCUT2D eigenvalue weighted by atomic mass is 9.97. The van der Waals surface area contributed by atoms with Crippen molar-refractivity contribution in [2.45, 2.75) is 36.2 Å². The summed E-state index contributed by atoms with van der Waals surface area (Å²) in [6.45, 7) is -2.83. The molecule has 0 saturated heterocycles. The Kier molecular flexibility index (Phi) is 3.56. The van der Waals surface area contributed by atoms with Crippen LogP contribution in [0.15, 0.2) is 12.2 Å². The molecule has 0 aromatic heterocycles. The van der Waals surface area contributed by atoms with Gasteiger partial charge >= 0.3 is 23.9 Å². The molecule has 1 saturated carbocycles. The van der Waals surface area contributed by atoms with Crippen LogP contribution in [0.4, 0.5) is 43.9 Å². The predicted octanol–water partition coefficient (Wildman–Crippen LogP) is 4.34. The number of halogens is 10. The van der Waals surface area contributed by atoms with E-state index in [-0.39, 0.29) is 0 Å². The second-order valence-electron chi connectivity index (χ2n) is 5.17. The van der Waals surface area contributed by atoms with Crippen LogP contribution in [-0.2, 0) is 4.74 Å². The highest BCUT2D eigenvalue weighted by Gasteiger charge is 2.76. The largest absolute Gasteiger partial charge is 0.459 e. The molecule has 22 heavy (non-hydrogen) atoms. The Bertz CT molecular complexity index is 482. The van der Waals surface area contributed by atoms with E-state index >= 15 is 0 Å². The van der Waals surface area contributed by atoms with Crippen molar-refractivity contribution in [1.29, 1.82) is 0 Å². The SMILES string of the molecule is FC(F)(F)C(F)(F)C(F)(F)COC1(F)C2C=CC(C2)C1(F)F. The van der Waals surface area contributed by atoms with Crippen molar-refractivity contribution in [3.63, 3.8) is 0 Å². The minimum atomic E-state index is -6.64. The van der Waals surface area contributed by atoms with Gasteiger partial charge in [-0.25, -0.2) is 4.39 Å². The zero-order valence-corrected chi connectivity index (χ0v) is 10.4. The van der Waals surface area contributed by atoms with Crippen molar-refractivity contribution in [3.05, 3.63) is 12.2 Å². The van der Waals surface area contributed by atoms with E-state index in [0.29, 0.717) is 0 Å². The molecular weight excluding hydrogens is 338 g/mol. The number of ether oxygens (including phenoxy) is 1. The Balaban J connectivity index is 2.18. The average molecular weight is 346 g/mol.